The number of benzene rings is 4. The van der Waals surface area contributed by atoms with Crippen LogP contribution in [0.2, 0.25) is 0 Å². The Labute approximate surface area is 233 Å². The third-order valence-corrected chi connectivity index (χ3v) is 6.09. The van der Waals surface area contributed by atoms with Gasteiger partial charge in [0.15, 0.2) is 0 Å². The lowest BCUT2D eigenvalue weighted by Gasteiger charge is -2.15. The third-order valence-electron chi connectivity index (χ3n) is 6.09. The van der Waals surface area contributed by atoms with Gasteiger partial charge in [0.25, 0.3) is 11.8 Å². The third kappa shape index (κ3) is 6.71. The van der Waals surface area contributed by atoms with Crippen molar-refractivity contribution in [3.63, 3.8) is 0 Å². The molecular formula is C32H32N2O6. The minimum absolute atomic E-state index is 0.261. The summed E-state index contributed by atoms with van der Waals surface area (Å²) >= 11 is 0. The number of rotatable bonds is 11. The number of carbonyl (C=O) groups excluding carboxylic acids is 2. The molecule has 0 aliphatic heterocycles. The number of carbonyl (C=O) groups is 2. The fourth-order valence-electron chi connectivity index (χ4n) is 4.08. The smallest absolute Gasteiger partial charge is 0.255 e. The topological polar surface area (TPSA) is 95.1 Å². The quantitative estimate of drug-likeness (QED) is 0.221. The number of anilines is 2. The van der Waals surface area contributed by atoms with E-state index < -0.39 is 0 Å². The van der Waals surface area contributed by atoms with E-state index in [4.69, 9.17) is 18.9 Å². The van der Waals surface area contributed by atoms with Crippen molar-refractivity contribution in [3.05, 3.63) is 96.1 Å². The van der Waals surface area contributed by atoms with Gasteiger partial charge in [-0.15, -0.1) is 0 Å². The first-order chi connectivity index (χ1) is 19.4. The van der Waals surface area contributed by atoms with Gasteiger partial charge in [-0.05, 0) is 97.8 Å². The molecule has 0 radical (unpaired) electrons. The van der Waals surface area contributed by atoms with Crippen molar-refractivity contribution < 1.29 is 28.5 Å². The SMILES string of the molecule is CCOc1ccc(C(=O)Nc2ccc(-c3ccc(NC(=O)c4ccc(OCC)cc4)c(OC)c3)cc2OC)cc1. The second-order valence-electron chi connectivity index (χ2n) is 8.65. The van der Waals surface area contributed by atoms with Crippen molar-refractivity contribution in [2.45, 2.75) is 13.8 Å². The normalized spacial score (nSPS) is 10.4. The van der Waals surface area contributed by atoms with Gasteiger partial charge in [0, 0.05) is 11.1 Å². The van der Waals surface area contributed by atoms with E-state index in [9.17, 15) is 9.59 Å². The molecule has 8 heteroatoms. The van der Waals surface area contributed by atoms with Gasteiger partial charge in [-0.3, -0.25) is 9.59 Å². The summed E-state index contributed by atoms with van der Waals surface area (Å²) in [7, 11) is 3.09. The predicted molar refractivity (Wildman–Crippen MR) is 156 cm³/mol. The average Bonchev–Trinajstić information content (AvgIpc) is 2.98. The molecule has 0 aliphatic carbocycles. The fraction of sp³-hybridized carbons (Fsp3) is 0.188. The van der Waals surface area contributed by atoms with Crippen molar-refractivity contribution in [1.29, 1.82) is 0 Å². The summed E-state index contributed by atoms with van der Waals surface area (Å²) in [5.41, 5.74) is 3.77. The number of ether oxygens (including phenoxy) is 4. The molecule has 0 spiro atoms. The van der Waals surface area contributed by atoms with Gasteiger partial charge in [-0.1, -0.05) is 12.1 Å². The second kappa shape index (κ2) is 13.2. The van der Waals surface area contributed by atoms with Crippen LogP contribution < -0.4 is 29.6 Å². The summed E-state index contributed by atoms with van der Waals surface area (Å²) in [6.07, 6.45) is 0. The lowest BCUT2D eigenvalue weighted by Crippen LogP contribution is -2.13. The first-order valence-corrected chi connectivity index (χ1v) is 12.9. The summed E-state index contributed by atoms with van der Waals surface area (Å²) < 4.78 is 22.0. The molecule has 0 unspecified atom stereocenters. The number of hydrogen-bond donors (Lipinski definition) is 2. The molecule has 8 nitrogen and oxygen atoms in total. The summed E-state index contributed by atoms with van der Waals surface area (Å²) in [6.45, 7) is 4.93. The van der Waals surface area contributed by atoms with Crippen molar-refractivity contribution in [1.82, 2.24) is 0 Å². The highest BCUT2D eigenvalue weighted by atomic mass is 16.5. The van der Waals surface area contributed by atoms with E-state index in [-0.39, 0.29) is 11.8 Å². The Morgan fingerprint density at radius 2 is 0.950 bits per heavy atom. The van der Waals surface area contributed by atoms with E-state index in [1.54, 1.807) is 74.9 Å². The molecule has 0 bridgehead atoms. The molecule has 206 valence electrons. The lowest BCUT2D eigenvalue weighted by molar-refractivity contribution is 0.101. The lowest BCUT2D eigenvalue weighted by atomic mass is 10.0. The Hall–Kier alpha value is -4.98. The summed E-state index contributed by atoms with van der Waals surface area (Å²) in [5.74, 6) is 1.90. The molecule has 0 aliphatic rings. The van der Waals surface area contributed by atoms with Crippen LogP contribution in [-0.4, -0.2) is 39.2 Å². The highest BCUT2D eigenvalue weighted by Crippen LogP contribution is 2.35. The van der Waals surface area contributed by atoms with Gasteiger partial charge in [0.05, 0.1) is 38.8 Å². The average molecular weight is 541 g/mol. The number of nitrogens with one attached hydrogen (secondary N) is 2. The maximum absolute atomic E-state index is 12.8. The molecule has 0 atom stereocenters. The summed E-state index contributed by atoms with van der Waals surface area (Å²) in [5, 5.41) is 5.80. The molecule has 0 saturated heterocycles. The van der Waals surface area contributed by atoms with Gasteiger partial charge in [0.1, 0.15) is 23.0 Å². The zero-order chi connectivity index (χ0) is 28.5. The number of amides is 2. The molecule has 0 saturated carbocycles. The molecule has 4 rings (SSSR count). The van der Waals surface area contributed by atoms with Crippen LogP contribution in [0.15, 0.2) is 84.9 Å². The molecule has 40 heavy (non-hydrogen) atoms. The van der Waals surface area contributed by atoms with Gasteiger partial charge in [-0.25, -0.2) is 0 Å². The van der Waals surface area contributed by atoms with Gasteiger partial charge < -0.3 is 29.6 Å². The van der Waals surface area contributed by atoms with E-state index >= 15 is 0 Å². The van der Waals surface area contributed by atoms with Crippen molar-refractivity contribution in [3.8, 4) is 34.1 Å². The van der Waals surface area contributed by atoms with Crippen LogP contribution in [0.3, 0.4) is 0 Å². The first kappa shape index (κ1) is 28.0. The van der Waals surface area contributed by atoms with Crippen molar-refractivity contribution in [2.24, 2.45) is 0 Å². The zero-order valence-electron chi connectivity index (χ0n) is 22.9. The van der Waals surface area contributed by atoms with Crippen LogP contribution in [0.25, 0.3) is 11.1 Å². The maximum Gasteiger partial charge on any atom is 0.255 e. The fourth-order valence-corrected chi connectivity index (χ4v) is 4.08. The van der Waals surface area contributed by atoms with Crippen LogP contribution in [0, 0.1) is 0 Å². The Morgan fingerprint density at radius 1 is 0.575 bits per heavy atom. The first-order valence-electron chi connectivity index (χ1n) is 12.9. The number of hydrogen-bond acceptors (Lipinski definition) is 6. The Balaban J connectivity index is 1.50. The van der Waals surface area contributed by atoms with E-state index in [1.165, 1.54) is 0 Å². The van der Waals surface area contributed by atoms with E-state index in [0.29, 0.717) is 58.7 Å². The highest BCUT2D eigenvalue weighted by Gasteiger charge is 2.14. The summed E-state index contributed by atoms with van der Waals surface area (Å²) in [6, 6.07) is 24.9. The Morgan fingerprint density at radius 3 is 1.27 bits per heavy atom. The molecule has 4 aromatic carbocycles. The van der Waals surface area contributed by atoms with Crippen LogP contribution in [0.1, 0.15) is 34.6 Å². The van der Waals surface area contributed by atoms with Crippen molar-refractivity contribution in [2.75, 3.05) is 38.1 Å². The predicted octanol–water partition coefficient (Wildman–Crippen LogP) is 6.67. The Kier molecular flexibility index (Phi) is 9.25. The molecule has 0 heterocycles. The molecule has 2 N–H and O–H groups in total. The van der Waals surface area contributed by atoms with E-state index in [0.717, 1.165) is 11.1 Å². The van der Waals surface area contributed by atoms with Crippen molar-refractivity contribution >= 4 is 23.2 Å². The highest BCUT2D eigenvalue weighted by molar-refractivity contribution is 6.06. The van der Waals surface area contributed by atoms with Gasteiger partial charge >= 0.3 is 0 Å². The van der Waals surface area contributed by atoms with Gasteiger partial charge in [-0.2, -0.15) is 0 Å². The number of methoxy groups -OCH3 is 2. The molecule has 0 aromatic heterocycles. The Bertz CT molecular complexity index is 1350. The van der Waals surface area contributed by atoms with Crippen LogP contribution >= 0.6 is 0 Å². The monoisotopic (exact) mass is 540 g/mol. The zero-order valence-corrected chi connectivity index (χ0v) is 22.9. The summed E-state index contributed by atoms with van der Waals surface area (Å²) in [4.78, 5) is 25.6. The molecule has 0 fully saturated rings. The minimum atomic E-state index is -0.261. The van der Waals surface area contributed by atoms with E-state index in [1.807, 2.05) is 38.1 Å². The van der Waals surface area contributed by atoms with E-state index in [2.05, 4.69) is 10.6 Å². The van der Waals surface area contributed by atoms with Crippen LogP contribution in [0.5, 0.6) is 23.0 Å². The van der Waals surface area contributed by atoms with Gasteiger partial charge in [0.2, 0.25) is 0 Å². The maximum atomic E-state index is 12.8. The van der Waals surface area contributed by atoms with Crippen LogP contribution in [0.4, 0.5) is 11.4 Å². The molecular weight excluding hydrogens is 508 g/mol. The standard InChI is InChI=1S/C32H32N2O6/c1-5-39-25-13-7-21(8-14-25)31(35)33-27-17-11-23(19-29(27)37-3)24-12-18-28(30(20-24)38-4)34-32(36)22-9-15-26(16-10-22)40-6-2/h7-20H,5-6H2,1-4H3,(H,33,35)(H,34,36). The largest absolute Gasteiger partial charge is 0.495 e. The molecule has 4 aromatic rings. The second-order valence-corrected chi connectivity index (χ2v) is 8.65. The molecule has 2 amide bonds. The minimum Gasteiger partial charge on any atom is -0.495 e. The van der Waals surface area contributed by atoms with Crippen LogP contribution in [-0.2, 0) is 0 Å².